The molecule has 1 saturated carbocycles. The fourth-order valence-corrected chi connectivity index (χ4v) is 10.6. The highest BCUT2D eigenvalue weighted by Crippen LogP contribution is 2.37. The van der Waals surface area contributed by atoms with Crippen molar-refractivity contribution in [3.05, 3.63) is 191 Å². The van der Waals surface area contributed by atoms with Crippen molar-refractivity contribution in [2.24, 2.45) is 23.5 Å². The summed E-state index contributed by atoms with van der Waals surface area (Å²) in [5, 5.41) is 20.0. The first kappa shape index (κ1) is 65.6. The number of aliphatic hydroxyl groups is 1. The number of hydrogen-bond donors (Lipinski definition) is 8. The monoisotopic (exact) mass is 1250 g/mol. The lowest BCUT2D eigenvalue weighted by Gasteiger charge is -2.35. The second kappa shape index (κ2) is 29.6. The zero-order valence-corrected chi connectivity index (χ0v) is 49.1. The lowest BCUT2D eigenvalue weighted by molar-refractivity contribution is -0.138. The Morgan fingerprint density at radius 1 is 0.708 bits per heavy atom. The fraction of sp³-hybridized carbons (Fsp3) is 0.328. The van der Waals surface area contributed by atoms with Crippen LogP contribution in [0.1, 0.15) is 138 Å². The van der Waals surface area contributed by atoms with Gasteiger partial charge in [-0.15, -0.1) is 0 Å². The molecule has 2 fully saturated rings. The number of aliphatic hydroxyl groups excluding tert-OH is 1. The molecule has 0 amide bonds. The van der Waals surface area contributed by atoms with Crippen molar-refractivity contribution < 1.29 is 64.5 Å². The van der Waals surface area contributed by atoms with E-state index >= 15 is 0 Å². The lowest BCUT2D eigenvalue weighted by Crippen LogP contribution is -2.51. The number of pyridine rings is 6. The minimum absolute atomic E-state index is 0. The first-order chi connectivity index (χ1) is 42.5. The van der Waals surface area contributed by atoms with Crippen LogP contribution in [0.2, 0.25) is 0 Å². The Balaban J connectivity index is -0.00000133. The molecule has 1 aromatic carbocycles. The summed E-state index contributed by atoms with van der Waals surface area (Å²) in [6.07, 6.45) is 2.41. The maximum Gasteiger partial charge on any atom is 0.418 e. The number of carbonyl (C=O) groups excluding carboxylic acids is 3. The number of piperazine rings is 1. The van der Waals surface area contributed by atoms with E-state index in [1.807, 2.05) is 12.1 Å². The molecule has 488 valence electrons. The average molecular weight is 1250 g/mol. The molecule has 8 aromatic rings. The maximum atomic E-state index is 13.5. The van der Waals surface area contributed by atoms with Crippen LogP contribution in [0.4, 0.5) is 61.2 Å². The van der Waals surface area contributed by atoms with E-state index in [0.29, 0.717) is 64.9 Å². The molecule has 3 unspecified atom stereocenters. The van der Waals surface area contributed by atoms with E-state index in [1.54, 1.807) is 74.1 Å². The summed E-state index contributed by atoms with van der Waals surface area (Å²) in [5.41, 5.74) is 21.2. The molecule has 12 N–H and O–H groups in total. The summed E-state index contributed by atoms with van der Waals surface area (Å²) < 4.78 is 86.3. The van der Waals surface area contributed by atoms with Crippen LogP contribution < -0.4 is 43.8 Å². The third kappa shape index (κ3) is 17.1. The molecule has 7 aromatic heterocycles. The van der Waals surface area contributed by atoms with Gasteiger partial charge in [0.05, 0.1) is 46.2 Å². The molecule has 8 heterocycles. The van der Waals surface area contributed by atoms with Crippen LogP contribution in [0.25, 0.3) is 11.3 Å². The van der Waals surface area contributed by atoms with Crippen LogP contribution in [0.15, 0.2) is 145 Å². The van der Waals surface area contributed by atoms with Crippen molar-refractivity contribution in [2.75, 3.05) is 65.5 Å². The third-order valence-corrected chi connectivity index (χ3v) is 15.1. The molecule has 0 radical (unpaired) electrons. The number of hydrogen-bond acceptors (Lipinski definition) is 19. The first-order valence-electron chi connectivity index (χ1n) is 28.9. The molecule has 0 bridgehead atoms. The molecular weight excluding hydrogens is 1160 g/mol. The van der Waals surface area contributed by atoms with Gasteiger partial charge >= 0.3 is 12.4 Å². The molecule has 1 aliphatic heterocycles. The normalized spacial score (nSPS) is 16.6. The summed E-state index contributed by atoms with van der Waals surface area (Å²) in [6, 6.07) is 26.9. The number of halogens is 6. The Hall–Kier alpha value is -9.33. The summed E-state index contributed by atoms with van der Waals surface area (Å²) in [5.74, 6) is 0.859. The van der Waals surface area contributed by atoms with Gasteiger partial charge in [0, 0.05) is 82.4 Å². The summed E-state index contributed by atoms with van der Waals surface area (Å²) >= 11 is 0. The quantitative estimate of drug-likeness (QED) is 0.0292. The molecule has 89 heavy (non-hydrogen) atoms. The predicted octanol–water partition coefficient (Wildman–Crippen LogP) is 13.2. The number of aromatic nitrogens is 6. The highest BCUT2D eigenvalue weighted by molar-refractivity contribution is 6.15. The number of carbonyl (C=O) groups is 3. The van der Waals surface area contributed by atoms with Crippen molar-refractivity contribution in [1.29, 1.82) is 0 Å². The van der Waals surface area contributed by atoms with Crippen LogP contribution in [-0.2, 0) is 12.4 Å². The third-order valence-electron chi connectivity index (χ3n) is 15.1. The van der Waals surface area contributed by atoms with Gasteiger partial charge in [0.2, 0.25) is 11.6 Å². The second-order valence-corrected chi connectivity index (χ2v) is 22.1. The zero-order valence-electron chi connectivity index (χ0n) is 49.1. The summed E-state index contributed by atoms with van der Waals surface area (Å²) in [7, 11) is 0. The van der Waals surface area contributed by atoms with E-state index in [9.17, 15) is 45.8 Å². The molecule has 2 aliphatic rings. The van der Waals surface area contributed by atoms with Gasteiger partial charge in [0.1, 0.15) is 52.1 Å². The topological polar surface area (TPSA) is 305 Å². The van der Waals surface area contributed by atoms with Crippen molar-refractivity contribution in [2.45, 2.75) is 83.4 Å². The number of nitrogens with zero attached hydrogens (tertiary/aromatic N) is 7. The van der Waals surface area contributed by atoms with Gasteiger partial charge in [-0.3, -0.25) is 14.4 Å². The van der Waals surface area contributed by atoms with Crippen molar-refractivity contribution in [1.82, 2.24) is 35.2 Å². The van der Waals surface area contributed by atoms with Crippen molar-refractivity contribution in [3.63, 3.8) is 0 Å². The van der Waals surface area contributed by atoms with E-state index in [4.69, 9.17) is 27.4 Å². The minimum atomic E-state index is -4.79. The molecule has 10 rings (SSSR count). The van der Waals surface area contributed by atoms with Gasteiger partial charge in [0.15, 0.2) is 5.78 Å². The number of rotatable bonds is 18. The molecule has 1 aliphatic carbocycles. The highest BCUT2D eigenvalue weighted by atomic mass is 19.4. The van der Waals surface area contributed by atoms with Gasteiger partial charge < -0.3 is 53.3 Å². The van der Waals surface area contributed by atoms with Crippen LogP contribution in [0.3, 0.4) is 0 Å². The van der Waals surface area contributed by atoms with Crippen molar-refractivity contribution in [3.8, 4) is 11.3 Å². The van der Waals surface area contributed by atoms with Gasteiger partial charge in [-0.2, -0.15) is 26.3 Å². The van der Waals surface area contributed by atoms with Gasteiger partial charge in [0.25, 0.3) is 0 Å². The Morgan fingerprint density at radius 3 is 1.81 bits per heavy atom. The summed E-state index contributed by atoms with van der Waals surface area (Å²) in [6.45, 7) is 9.89. The van der Waals surface area contributed by atoms with Crippen LogP contribution in [0.5, 0.6) is 0 Å². The average Bonchev–Trinajstić information content (AvgIpc) is 1.46. The van der Waals surface area contributed by atoms with E-state index in [1.165, 1.54) is 42.7 Å². The Labute approximate surface area is 525 Å². The molecule has 25 heteroatoms. The Bertz CT molecular complexity index is 3730. The lowest BCUT2D eigenvalue weighted by atomic mass is 9.81. The maximum absolute atomic E-state index is 13.5. The van der Waals surface area contributed by atoms with Crippen LogP contribution >= 0.6 is 0 Å². The van der Waals surface area contributed by atoms with E-state index < -0.39 is 58.6 Å². The highest BCUT2D eigenvalue weighted by Gasteiger charge is 2.39. The SMILES string of the molecule is CC(C)C[C@H]1CN(c2cc(C(=O)c3cccnc3N)c(-c3ccco3)cn2)CCN1.CC(Nc1ccc(C(F)(F)F)c(C(=O)c2cccnc2N)n1)[C@@H](O)c1ccccc1.NCC1CCCC(CNc2ccc(C(F)(F)F)c(C(=O)c3cccnc3N)n2)C1.[HH].[HH].[HH].[HH].[HH].[HH].[HH].[HH].[HH].[HH]. The van der Waals surface area contributed by atoms with Crippen molar-refractivity contribution >= 4 is 52.3 Å². The largest absolute Gasteiger partial charge is 0.464 e. The fourth-order valence-electron chi connectivity index (χ4n) is 10.6. The number of ketones is 3. The zero-order chi connectivity index (χ0) is 64.0. The number of nitrogens with one attached hydrogen (secondary N) is 3. The van der Waals surface area contributed by atoms with Gasteiger partial charge in [-0.1, -0.05) is 50.6 Å². The minimum Gasteiger partial charge on any atom is -0.464 e. The predicted molar refractivity (Wildman–Crippen MR) is 349 cm³/mol. The van der Waals surface area contributed by atoms with E-state index in [2.05, 4.69) is 64.6 Å². The number of benzene rings is 1. The molecule has 1 saturated heterocycles. The molecule has 5 atom stereocenters. The summed E-state index contributed by atoms with van der Waals surface area (Å²) in [4.78, 5) is 65.3. The number of nitrogens with two attached hydrogens (primary N) is 4. The smallest absolute Gasteiger partial charge is 0.418 e. The first-order valence-corrected chi connectivity index (χ1v) is 28.9. The van der Waals surface area contributed by atoms with Crippen LogP contribution in [-0.4, -0.2) is 97.2 Å². The number of alkyl halides is 6. The number of furan rings is 1. The van der Waals surface area contributed by atoms with Crippen LogP contribution in [0, 0.1) is 17.8 Å². The molecular formula is C64H90F6N14O5. The Morgan fingerprint density at radius 2 is 1.27 bits per heavy atom. The van der Waals surface area contributed by atoms with Gasteiger partial charge in [-0.25, -0.2) is 29.9 Å². The van der Waals surface area contributed by atoms with E-state index in [-0.39, 0.29) is 60.3 Å². The standard InChI is InChI=1S/C23H27N5O2.C21H19F3N4O2.C20H24F3N5O.10H2/c1-15(2)11-16-14-28(9-8-25-16)21-12-18(19(13-27-21)20-6-4-10-30-20)22(29)17-5-3-7-26-23(17)24;1-12(18(29)13-6-3-2-4-7-13)27-16-10-9-15(21(22,23)24)17(28-16)19(30)14-8-5-11-26-20(14)25;21-20(22,23)15-6-7-16(27-11-13-4-1-3-12(9-13)10-24)28-17(15)18(29)14-5-2-8-26-19(14)25;;;;;;;;;;/h3-7,10,12-13,15-16,25H,8-9,11,14H2,1-2H3,(H2,24,26);2-12,18,29H,1H3,(H2,25,26)(H,27,28);2,5-8,12-13H,1,3-4,9-11,24H2,(H2,25,26)(H,27,28);10*1H/t16-;12?,18-;;;;;;;;;;;/m01.........../s1. The number of anilines is 6. The molecule has 0 spiro atoms. The van der Waals surface area contributed by atoms with Gasteiger partial charge in [-0.05, 0) is 141 Å². The Kier molecular flexibility index (Phi) is 21.8. The molecule has 19 nitrogen and oxygen atoms in total. The number of nitrogen functional groups attached to an aromatic ring is 3. The second-order valence-electron chi connectivity index (χ2n) is 22.1. The van der Waals surface area contributed by atoms with E-state index in [0.717, 1.165) is 75.8 Å².